The number of hydrogen-bond acceptors (Lipinski definition) is 6. The van der Waals surface area contributed by atoms with Crippen LogP contribution in [0.5, 0.6) is 0 Å². The van der Waals surface area contributed by atoms with E-state index in [2.05, 4.69) is 9.36 Å². The molecule has 0 amide bonds. The lowest BCUT2D eigenvalue weighted by molar-refractivity contribution is -0.107. The van der Waals surface area contributed by atoms with Crippen LogP contribution in [-0.4, -0.2) is 59.7 Å². The Labute approximate surface area is 166 Å². The van der Waals surface area contributed by atoms with E-state index in [9.17, 15) is 21.6 Å². The van der Waals surface area contributed by atoms with Gasteiger partial charge in [-0.15, -0.1) is 0 Å². The molecule has 6 nitrogen and oxygen atoms in total. The molecule has 1 aromatic heterocycles. The highest BCUT2D eigenvalue weighted by Crippen LogP contribution is 2.26. The zero-order valence-electron chi connectivity index (χ0n) is 15.5. The van der Waals surface area contributed by atoms with Crippen molar-refractivity contribution in [2.45, 2.75) is 32.5 Å². The Bertz CT molecular complexity index is 913. The maximum Gasteiger partial charge on any atom is 0.404 e. The summed E-state index contributed by atoms with van der Waals surface area (Å²) < 4.78 is 66.8. The van der Waals surface area contributed by atoms with Crippen molar-refractivity contribution < 1.29 is 21.6 Å². The fraction of sp³-hybridized carbons (Fsp3) is 0.529. The number of benzene rings is 1. The molecule has 0 spiro atoms. The summed E-state index contributed by atoms with van der Waals surface area (Å²) in [5.41, 5.74) is 2.26. The van der Waals surface area contributed by atoms with Gasteiger partial charge in [0.05, 0.1) is 0 Å². The van der Waals surface area contributed by atoms with Crippen molar-refractivity contribution in [1.82, 2.24) is 13.7 Å². The van der Waals surface area contributed by atoms with Gasteiger partial charge in [-0.2, -0.15) is 21.9 Å². The molecule has 11 heteroatoms. The number of alkyl halides is 3. The fourth-order valence-corrected chi connectivity index (χ4v) is 5.29. The molecule has 28 heavy (non-hydrogen) atoms. The highest BCUT2D eigenvalue weighted by atomic mass is 32.2. The van der Waals surface area contributed by atoms with E-state index < -0.39 is 22.0 Å². The first-order chi connectivity index (χ1) is 13.0. The van der Waals surface area contributed by atoms with E-state index in [1.807, 2.05) is 36.1 Å². The first-order valence-corrected chi connectivity index (χ1v) is 11.1. The maximum atomic E-state index is 12.5. The number of rotatable bonds is 5. The second kappa shape index (κ2) is 7.96. The number of aryl methyl sites for hydroxylation is 1. The van der Waals surface area contributed by atoms with Crippen LogP contribution in [0.4, 0.5) is 18.3 Å². The van der Waals surface area contributed by atoms with Crippen LogP contribution < -0.4 is 4.90 Å². The summed E-state index contributed by atoms with van der Waals surface area (Å²) >= 11 is 1.22. The minimum atomic E-state index is -4.75. The van der Waals surface area contributed by atoms with E-state index in [4.69, 9.17) is 0 Å². The zero-order valence-corrected chi connectivity index (χ0v) is 17.1. The zero-order chi connectivity index (χ0) is 20.5. The molecule has 1 aromatic carbocycles. The van der Waals surface area contributed by atoms with Crippen LogP contribution in [0.3, 0.4) is 0 Å². The number of aromatic nitrogens is 2. The van der Waals surface area contributed by atoms with E-state index in [0.717, 1.165) is 9.87 Å². The summed E-state index contributed by atoms with van der Waals surface area (Å²) in [6, 6.07) is 7.78. The molecular formula is C17H21F3N4O2S2. The number of anilines is 1. The summed E-state index contributed by atoms with van der Waals surface area (Å²) in [5.74, 6) is -1.16. The molecule has 1 atom stereocenters. The third-order valence-electron chi connectivity index (χ3n) is 4.52. The van der Waals surface area contributed by atoms with Crippen molar-refractivity contribution >= 4 is 26.7 Å². The van der Waals surface area contributed by atoms with Crippen LogP contribution in [0.15, 0.2) is 24.3 Å². The van der Waals surface area contributed by atoms with Crippen LogP contribution in [0.2, 0.25) is 0 Å². The predicted molar refractivity (Wildman–Crippen MR) is 102 cm³/mol. The van der Waals surface area contributed by atoms with Crippen LogP contribution in [-0.2, 0) is 16.4 Å². The largest absolute Gasteiger partial charge is 0.404 e. The van der Waals surface area contributed by atoms with E-state index in [1.54, 1.807) is 6.92 Å². The number of piperazine rings is 1. The van der Waals surface area contributed by atoms with Crippen molar-refractivity contribution in [3.8, 4) is 0 Å². The Balaban J connectivity index is 1.65. The Morgan fingerprint density at radius 1 is 1.21 bits per heavy atom. The Hall–Kier alpha value is -1.72. The van der Waals surface area contributed by atoms with Crippen LogP contribution in [0.25, 0.3) is 0 Å². The number of sulfonamides is 1. The highest BCUT2D eigenvalue weighted by molar-refractivity contribution is 7.89. The van der Waals surface area contributed by atoms with Gasteiger partial charge < -0.3 is 4.90 Å². The third-order valence-corrected chi connectivity index (χ3v) is 7.12. The summed E-state index contributed by atoms with van der Waals surface area (Å²) in [4.78, 5) is 6.43. The fourth-order valence-electron chi connectivity index (χ4n) is 3.08. The SMILES string of the molecule is Cc1ccc(Cc2nsc(N3CCN(S(=O)(=O)CC(F)(F)F)CC3C)n2)cc1. The first-order valence-electron chi connectivity index (χ1n) is 8.73. The normalized spacial score (nSPS) is 19.2. The standard InChI is InChI=1S/C17H21F3N4O2S2/c1-12-3-5-14(6-4-12)9-15-21-16(27-22-15)24-8-7-23(10-13(24)2)28(25,26)11-17(18,19)20/h3-6,13H,7-11H2,1-2H3. The minimum absolute atomic E-state index is 0.00434. The molecule has 0 N–H and O–H groups in total. The number of halogens is 3. The van der Waals surface area contributed by atoms with Gasteiger partial charge in [0, 0.05) is 43.6 Å². The van der Waals surface area contributed by atoms with Gasteiger partial charge in [-0.05, 0) is 19.4 Å². The molecule has 154 valence electrons. The van der Waals surface area contributed by atoms with Crippen molar-refractivity contribution in [1.29, 1.82) is 0 Å². The predicted octanol–water partition coefficient (Wildman–Crippen LogP) is 2.84. The van der Waals surface area contributed by atoms with Gasteiger partial charge in [-0.3, -0.25) is 0 Å². The quantitative estimate of drug-likeness (QED) is 0.724. The monoisotopic (exact) mass is 434 g/mol. The highest BCUT2D eigenvalue weighted by Gasteiger charge is 2.40. The molecule has 1 fully saturated rings. The Morgan fingerprint density at radius 3 is 2.50 bits per heavy atom. The minimum Gasteiger partial charge on any atom is -0.342 e. The molecule has 0 saturated carbocycles. The molecule has 0 bridgehead atoms. The first kappa shape index (κ1) is 21.0. The molecule has 2 heterocycles. The molecule has 2 aromatic rings. The van der Waals surface area contributed by atoms with Crippen LogP contribution in [0.1, 0.15) is 23.9 Å². The number of nitrogens with zero attached hydrogens (tertiary/aromatic N) is 4. The summed E-state index contributed by atoms with van der Waals surface area (Å²) in [6.45, 7) is 4.05. The van der Waals surface area contributed by atoms with Crippen molar-refractivity contribution in [2.24, 2.45) is 0 Å². The molecule has 0 radical (unpaired) electrons. The summed E-state index contributed by atoms with van der Waals surface area (Å²) in [7, 11) is -4.37. The van der Waals surface area contributed by atoms with Gasteiger partial charge in [0.25, 0.3) is 0 Å². The van der Waals surface area contributed by atoms with Gasteiger partial charge in [-0.1, -0.05) is 29.8 Å². The molecule has 1 saturated heterocycles. The van der Waals surface area contributed by atoms with E-state index >= 15 is 0 Å². The van der Waals surface area contributed by atoms with Crippen molar-refractivity contribution in [3.63, 3.8) is 0 Å². The van der Waals surface area contributed by atoms with Crippen molar-refractivity contribution in [3.05, 3.63) is 41.2 Å². The van der Waals surface area contributed by atoms with Gasteiger partial charge >= 0.3 is 6.18 Å². The average Bonchev–Trinajstić information content (AvgIpc) is 3.03. The number of hydrogen-bond donors (Lipinski definition) is 0. The van der Waals surface area contributed by atoms with Gasteiger partial charge in [0.2, 0.25) is 15.2 Å². The van der Waals surface area contributed by atoms with E-state index in [0.29, 0.717) is 17.4 Å². The topological polar surface area (TPSA) is 66.4 Å². The molecular weight excluding hydrogens is 413 g/mol. The van der Waals surface area contributed by atoms with Gasteiger partial charge in [0.1, 0.15) is 5.82 Å². The van der Waals surface area contributed by atoms with Crippen LogP contribution in [0, 0.1) is 6.92 Å². The third kappa shape index (κ3) is 5.21. The Kier molecular flexibility index (Phi) is 5.97. The molecule has 3 rings (SSSR count). The van der Waals surface area contributed by atoms with Crippen molar-refractivity contribution in [2.75, 3.05) is 30.3 Å². The average molecular weight is 435 g/mol. The molecule has 0 aliphatic carbocycles. The van der Waals surface area contributed by atoms with Gasteiger partial charge in [-0.25, -0.2) is 13.4 Å². The lowest BCUT2D eigenvalue weighted by atomic mass is 10.1. The van der Waals surface area contributed by atoms with E-state index in [-0.39, 0.29) is 25.7 Å². The van der Waals surface area contributed by atoms with E-state index in [1.165, 1.54) is 17.1 Å². The van der Waals surface area contributed by atoms with Crippen LogP contribution >= 0.6 is 11.5 Å². The van der Waals surface area contributed by atoms with Gasteiger partial charge in [0.15, 0.2) is 5.75 Å². The second-order valence-electron chi connectivity index (χ2n) is 6.93. The smallest absolute Gasteiger partial charge is 0.342 e. The molecule has 1 aliphatic heterocycles. The molecule has 1 aliphatic rings. The maximum absolute atomic E-state index is 12.5. The summed E-state index contributed by atoms with van der Waals surface area (Å²) in [5, 5.41) is 0.655. The lowest BCUT2D eigenvalue weighted by Crippen LogP contribution is -2.55. The summed E-state index contributed by atoms with van der Waals surface area (Å²) in [6.07, 6.45) is -4.16. The molecule has 1 unspecified atom stereocenters. The Morgan fingerprint density at radius 2 is 1.89 bits per heavy atom. The second-order valence-corrected chi connectivity index (χ2v) is 9.63. The lowest BCUT2D eigenvalue weighted by Gasteiger charge is -2.38.